The Hall–Kier alpha value is -1.68. The van der Waals surface area contributed by atoms with Crippen molar-refractivity contribution in [1.82, 2.24) is 9.55 Å². The zero-order chi connectivity index (χ0) is 10.8. The summed E-state index contributed by atoms with van der Waals surface area (Å²) in [5, 5.41) is 9.24. The van der Waals surface area contributed by atoms with Gasteiger partial charge in [0.15, 0.2) is 0 Å². The molecule has 0 radical (unpaired) electrons. The lowest BCUT2D eigenvalue weighted by Crippen LogP contribution is -2.14. The van der Waals surface area contributed by atoms with Crippen molar-refractivity contribution in [3.8, 4) is 0 Å². The molecule has 1 heterocycles. The number of hydrogen-bond acceptors (Lipinski definition) is 3. The SMILES string of the molecule is Cn1c(CC(O)C=O)nc2ccccc21. The minimum Gasteiger partial charge on any atom is -0.385 e. The van der Waals surface area contributed by atoms with Crippen LogP contribution in [0, 0.1) is 0 Å². The van der Waals surface area contributed by atoms with E-state index in [2.05, 4.69) is 4.98 Å². The highest BCUT2D eigenvalue weighted by Crippen LogP contribution is 2.14. The molecule has 78 valence electrons. The van der Waals surface area contributed by atoms with Crippen molar-refractivity contribution < 1.29 is 9.90 Å². The van der Waals surface area contributed by atoms with Gasteiger partial charge in [0.05, 0.1) is 11.0 Å². The van der Waals surface area contributed by atoms with Crippen molar-refractivity contribution in [2.45, 2.75) is 12.5 Å². The number of fused-ring (bicyclic) bond motifs is 1. The molecule has 1 unspecified atom stereocenters. The number of aromatic nitrogens is 2. The third-order valence-electron chi connectivity index (χ3n) is 2.43. The summed E-state index contributed by atoms with van der Waals surface area (Å²) in [4.78, 5) is 14.7. The first-order valence-corrected chi connectivity index (χ1v) is 4.76. The van der Waals surface area contributed by atoms with Crippen LogP contribution >= 0.6 is 0 Å². The van der Waals surface area contributed by atoms with E-state index in [0.29, 0.717) is 6.29 Å². The van der Waals surface area contributed by atoms with Gasteiger partial charge in [-0.25, -0.2) is 4.98 Å². The number of carbonyl (C=O) groups is 1. The van der Waals surface area contributed by atoms with Crippen LogP contribution in [0.4, 0.5) is 0 Å². The van der Waals surface area contributed by atoms with Crippen LogP contribution in [0.5, 0.6) is 0 Å². The van der Waals surface area contributed by atoms with Crippen LogP contribution in [-0.2, 0) is 18.3 Å². The number of benzene rings is 1. The average Bonchev–Trinajstić information content (AvgIpc) is 2.57. The van der Waals surface area contributed by atoms with Crippen molar-refractivity contribution in [3.05, 3.63) is 30.1 Å². The Kier molecular flexibility index (Phi) is 2.51. The van der Waals surface area contributed by atoms with Gasteiger partial charge in [-0.1, -0.05) is 12.1 Å². The number of para-hydroxylation sites is 2. The molecule has 2 aromatic rings. The lowest BCUT2D eigenvalue weighted by molar-refractivity contribution is -0.114. The molecule has 0 bridgehead atoms. The van der Waals surface area contributed by atoms with Crippen LogP contribution < -0.4 is 0 Å². The highest BCUT2D eigenvalue weighted by Gasteiger charge is 2.11. The molecule has 0 spiro atoms. The minimum absolute atomic E-state index is 0.259. The number of nitrogens with zero attached hydrogens (tertiary/aromatic N) is 2. The van der Waals surface area contributed by atoms with E-state index in [1.165, 1.54) is 0 Å². The summed E-state index contributed by atoms with van der Waals surface area (Å²) in [6.45, 7) is 0. The summed E-state index contributed by atoms with van der Waals surface area (Å²) in [5.74, 6) is 0.718. The Labute approximate surface area is 87.2 Å². The normalized spacial score (nSPS) is 12.9. The number of aryl methyl sites for hydroxylation is 1. The maximum absolute atomic E-state index is 10.3. The Balaban J connectivity index is 2.44. The fourth-order valence-electron chi connectivity index (χ4n) is 1.61. The third-order valence-corrected chi connectivity index (χ3v) is 2.43. The summed E-state index contributed by atoms with van der Waals surface area (Å²) in [5.41, 5.74) is 1.89. The van der Waals surface area contributed by atoms with Gasteiger partial charge in [0.2, 0.25) is 0 Å². The quantitative estimate of drug-likeness (QED) is 0.748. The Morgan fingerprint density at radius 2 is 2.27 bits per heavy atom. The van der Waals surface area contributed by atoms with Crippen molar-refractivity contribution in [2.75, 3.05) is 0 Å². The van der Waals surface area contributed by atoms with Gasteiger partial charge in [-0.2, -0.15) is 0 Å². The number of rotatable bonds is 3. The number of hydrogen-bond donors (Lipinski definition) is 1. The molecule has 0 saturated carbocycles. The van der Waals surface area contributed by atoms with Crippen molar-refractivity contribution in [2.24, 2.45) is 7.05 Å². The van der Waals surface area contributed by atoms with E-state index in [1.54, 1.807) is 0 Å². The third kappa shape index (κ3) is 1.76. The molecule has 0 amide bonds. The van der Waals surface area contributed by atoms with E-state index in [4.69, 9.17) is 0 Å². The summed E-state index contributed by atoms with van der Waals surface area (Å²) in [6.07, 6.45) is -0.186. The molecule has 4 nitrogen and oxygen atoms in total. The first kappa shape index (κ1) is 9.86. The molecule has 2 rings (SSSR count). The number of aliphatic hydroxyl groups is 1. The molecule has 0 aliphatic heterocycles. The number of aldehydes is 1. The molecular formula is C11H12N2O2. The molecule has 0 aliphatic rings. The van der Waals surface area contributed by atoms with Gasteiger partial charge in [0.25, 0.3) is 0 Å². The molecule has 1 N–H and O–H groups in total. The summed E-state index contributed by atoms with van der Waals surface area (Å²) in [6, 6.07) is 7.71. The highest BCUT2D eigenvalue weighted by molar-refractivity contribution is 5.75. The van der Waals surface area contributed by atoms with Gasteiger partial charge in [0, 0.05) is 13.5 Å². The maximum atomic E-state index is 10.3. The Bertz CT molecular complexity index is 490. The van der Waals surface area contributed by atoms with Crippen LogP contribution in [0.2, 0.25) is 0 Å². The van der Waals surface area contributed by atoms with E-state index in [9.17, 15) is 9.90 Å². The molecule has 1 atom stereocenters. The van der Waals surface area contributed by atoms with Gasteiger partial charge in [-0.3, -0.25) is 0 Å². The molecule has 0 aliphatic carbocycles. The van der Waals surface area contributed by atoms with Crippen LogP contribution in [0.3, 0.4) is 0 Å². The molecule has 1 aromatic carbocycles. The molecule has 0 saturated heterocycles. The number of carbonyl (C=O) groups excluding carboxylic acids is 1. The van der Waals surface area contributed by atoms with Crippen LogP contribution in [-0.4, -0.2) is 27.0 Å². The average molecular weight is 204 g/mol. The van der Waals surface area contributed by atoms with Crippen molar-refractivity contribution in [3.63, 3.8) is 0 Å². The molecule has 4 heteroatoms. The monoisotopic (exact) mass is 204 g/mol. The van der Waals surface area contributed by atoms with E-state index in [0.717, 1.165) is 16.9 Å². The molecular weight excluding hydrogens is 192 g/mol. The fraction of sp³-hybridized carbons (Fsp3) is 0.273. The van der Waals surface area contributed by atoms with E-state index < -0.39 is 6.10 Å². The lowest BCUT2D eigenvalue weighted by atomic mass is 10.3. The summed E-state index contributed by atoms with van der Waals surface area (Å²) < 4.78 is 1.89. The predicted molar refractivity (Wildman–Crippen MR) is 56.5 cm³/mol. The van der Waals surface area contributed by atoms with Crippen molar-refractivity contribution >= 4 is 17.3 Å². The molecule has 15 heavy (non-hydrogen) atoms. The topological polar surface area (TPSA) is 55.1 Å². The second-order valence-electron chi connectivity index (χ2n) is 3.48. The van der Waals surface area contributed by atoms with Crippen LogP contribution in [0.1, 0.15) is 5.82 Å². The smallest absolute Gasteiger partial charge is 0.148 e. The second-order valence-corrected chi connectivity index (χ2v) is 3.48. The second kappa shape index (κ2) is 3.82. The summed E-state index contributed by atoms with van der Waals surface area (Å²) >= 11 is 0. The first-order valence-electron chi connectivity index (χ1n) is 4.76. The lowest BCUT2D eigenvalue weighted by Gasteiger charge is -2.03. The zero-order valence-electron chi connectivity index (χ0n) is 8.42. The van der Waals surface area contributed by atoms with Gasteiger partial charge in [0.1, 0.15) is 18.2 Å². The van der Waals surface area contributed by atoms with Gasteiger partial charge in [-0.05, 0) is 12.1 Å². The van der Waals surface area contributed by atoms with Crippen molar-refractivity contribution in [1.29, 1.82) is 0 Å². The van der Waals surface area contributed by atoms with E-state index >= 15 is 0 Å². The van der Waals surface area contributed by atoms with Gasteiger partial charge < -0.3 is 14.5 Å². The highest BCUT2D eigenvalue weighted by atomic mass is 16.3. The fourth-order valence-corrected chi connectivity index (χ4v) is 1.61. The molecule has 1 aromatic heterocycles. The standard InChI is InChI=1S/C11H12N2O2/c1-13-10-5-3-2-4-9(10)12-11(13)6-8(15)7-14/h2-5,7-8,15H,6H2,1H3. The predicted octanol–water partition coefficient (Wildman–Crippen LogP) is 0.676. The first-order chi connectivity index (χ1) is 7.22. The number of imidazole rings is 1. The van der Waals surface area contributed by atoms with E-state index in [-0.39, 0.29) is 6.42 Å². The largest absolute Gasteiger partial charge is 0.385 e. The van der Waals surface area contributed by atoms with Crippen LogP contribution in [0.25, 0.3) is 11.0 Å². The van der Waals surface area contributed by atoms with Crippen LogP contribution in [0.15, 0.2) is 24.3 Å². The van der Waals surface area contributed by atoms with E-state index in [1.807, 2.05) is 35.9 Å². The zero-order valence-corrected chi connectivity index (χ0v) is 8.42. The minimum atomic E-state index is -0.972. The Morgan fingerprint density at radius 3 is 2.93 bits per heavy atom. The number of aliphatic hydroxyl groups excluding tert-OH is 1. The summed E-state index contributed by atoms with van der Waals surface area (Å²) in [7, 11) is 1.88. The molecule has 0 fully saturated rings. The maximum Gasteiger partial charge on any atom is 0.148 e. The van der Waals surface area contributed by atoms with Gasteiger partial charge in [-0.15, -0.1) is 0 Å². The van der Waals surface area contributed by atoms with Gasteiger partial charge >= 0.3 is 0 Å². The Morgan fingerprint density at radius 1 is 1.53 bits per heavy atom.